The number of nitriles is 2. The maximum absolute atomic E-state index is 13.5. The van der Waals surface area contributed by atoms with Crippen LogP contribution in [0.1, 0.15) is 61.3 Å². The molecule has 0 aliphatic carbocycles. The van der Waals surface area contributed by atoms with Crippen LogP contribution < -0.4 is 5.84 Å². The van der Waals surface area contributed by atoms with E-state index in [1.54, 1.807) is 29.3 Å². The number of nitrogens with two attached hydrogens (primary N) is 1. The number of unbranched alkanes of at least 4 members (excludes halogenated alkanes) is 1. The lowest BCUT2D eigenvalue weighted by Crippen LogP contribution is -2.57. The van der Waals surface area contributed by atoms with Gasteiger partial charge in [-0.15, -0.1) is 0 Å². The summed E-state index contributed by atoms with van der Waals surface area (Å²) in [5, 5.41) is 20.5. The number of allylic oxidation sites excluding steroid dienone is 1. The van der Waals surface area contributed by atoms with E-state index in [2.05, 4.69) is 19.1 Å². The lowest BCUT2D eigenvalue weighted by Gasteiger charge is -2.41. The Hall–Kier alpha value is -3.32. The first-order valence-corrected chi connectivity index (χ1v) is 11.9. The molecule has 2 unspecified atom stereocenters. The summed E-state index contributed by atoms with van der Waals surface area (Å²) in [5.41, 5.74) is 3.82. The zero-order valence-electron chi connectivity index (χ0n) is 19.7. The van der Waals surface area contributed by atoms with E-state index in [0.29, 0.717) is 29.4 Å². The molecule has 6 nitrogen and oxygen atoms in total. The van der Waals surface area contributed by atoms with Crippen LogP contribution in [-0.2, 0) is 17.8 Å². The molecule has 1 aliphatic heterocycles. The van der Waals surface area contributed by atoms with E-state index >= 15 is 0 Å². The van der Waals surface area contributed by atoms with E-state index < -0.39 is 0 Å². The maximum atomic E-state index is 13.5. The number of amides is 1. The highest BCUT2D eigenvalue weighted by atomic mass is 35.5. The van der Waals surface area contributed by atoms with Gasteiger partial charge in [-0.2, -0.15) is 10.5 Å². The number of hydrogen-bond acceptors (Lipinski definition) is 5. The molecule has 3 rings (SSSR count). The summed E-state index contributed by atoms with van der Waals surface area (Å²) in [4.78, 5) is 15.4. The van der Waals surface area contributed by atoms with Crippen molar-refractivity contribution in [3.05, 3.63) is 81.5 Å². The van der Waals surface area contributed by atoms with Gasteiger partial charge < -0.3 is 9.91 Å². The van der Waals surface area contributed by atoms with Crippen molar-refractivity contribution < 1.29 is 4.79 Å². The third-order valence-corrected chi connectivity index (χ3v) is 6.46. The molecule has 1 aliphatic rings. The average molecular weight is 476 g/mol. The number of rotatable bonds is 8. The number of benzene rings is 2. The van der Waals surface area contributed by atoms with Gasteiger partial charge in [0.2, 0.25) is 0 Å². The van der Waals surface area contributed by atoms with Gasteiger partial charge in [0.05, 0.1) is 30.2 Å². The van der Waals surface area contributed by atoms with Gasteiger partial charge in [-0.3, -0.25) is 4.79 Å². The predicted molar refractivity (Wildman–Crippen MR) is 133 cm³/mol. The Morgan fingerprint density at radius 2 is 1.97 bits per heavy atom. The van der Waals surface area contributed by atoms with Crippen molar-refractivity contribution in [2.75, 3.05) is 6.54 Å². The van der Waals surface area contributed by atoms with Gasteiger partial charge in [0.15, 0.2) is 0 Å². The van der Waals surface area contributed by atoms with Crippen LogP contribution in [0.2, 0.25) is 5.02 Å². The zero-order chi connectivity index (χ0) is 24.7. The van der Waals surface area contributed by atoms with Crippen LogP contribution in [0.15, 0.2) is 54.2 Å². The largest absolute Gasteiger partial charge is 0.331 e. The zero-order valence-corrected chi connectivity index (χ0v) is 20.4. The number of carbonyl (C=O) groups excluding carboxylic acids is 1. The van der Waals surface area contributed by atoms with E-state index in [9.17, 15) is 10.1 Å². The molecule has 176 valence electrons. The van der Waals surface area contributed by atoms with E-state index in [-0.39, 0.29) is 24.3 Å². The second kappa shape index (κ2) is 11.7. The van der Waals surface area contributed by atoms with Gasteiger partial charge in [0.1, 0.15) is 5.70 Å². The van der Waals surface area contributed by atoms with Crippen molar-refractivity contribution in [2.45, 2.75) is 58.0 Å². The Bertz CT molecular complexity index is 1130. The fourth-order valence-corrected chi connectivity index (χ4v) is 4.54. The van der Waals surface area contributed by atoms with Crippen LogP contribution in [0.25, 0.3) is 0 Å². The number of nitrogens with zero attached hydrogens (tertiary/aromatic N) is 4. The fraction of sp³-hybridized carbons (Fsp3) is 0.370. The summed E-state index contributed by atoms with van der Waals surface area (Å²) in [5.74, 6) is 6.25. The number of carbonyl (C=O) groups is 1. The molecule has 0 bridgehead atoms. The monoisotopic (exact) mass is 475 g/mol. The van der Waals surface area contributed by atoms with Crippen LogP contribution >= 0.6 is 11.6 Å². The SMILES string of the molecule is CCCCC1CN(Cc2ccc(C#N)cc2)C(=O)/C(=C/C(C)c2ccc(Cl)cc2CC#N)N1N. The normalized spacial score (nSPS) is 18.0. The quantitative estimate of drug-likeness (QED) is 0.426. The molecule has 0 radical (unpaired) electrons. The van der Waals surface area contributed by atoms with E-state index in [1.807, 2.05) is 36.1 Å². The molecule has 0 aromatic heterocycles. The van der Waals surface area contributed by atoms with Gasteiger partial charge in [-0.1, -0.05) is 56.5 Å². The molecule has 0 saturated carbocycles. The summed E-state index contributed by atoms with van der Waals surface area (Å²) in [7, 11) is 0. The minimum atomic E-state index is -0.132. The maximum Gasteiger partial charge on any atom is 0.271 e. The van der Waals surface area contributed by atoms with Gasteiger partial charge >= 0.3 is 0 Å². The number of piperazine rings is 1. The minimum absolute atomic E-state index is 0.0123. The average Bonchev–Trinajstić information content (AvgIpc) is 2.83. The summed E-state index contributed by atoms with van der Waals surface area (Å²) >= 11 is 6.15. The van der Waals surface area contributed by atoms with Crippen molar-refractivity contribution in [3.63, 3.8) is 0 Å². The van der Waals surface area contributed by atoms with E-state index in [1.165, 1.54) is 0 Å². The highest BCUT2D eigenvalue weighted by molar-refractivity contribution is 6.30. The van der Waals surface area contributed by atoms with Crippen molar-refractivity contribution in [1.29, 1.82) is 10.5 Å². The molecule has 2 aromatic carbocycles. The molecule has 1 heterocycles. The molecule has 2 atom stereocenters. The molecule has 2 N–H and O–H groups in total. The molecule has 1 saturated heterocycles. The van der Waals surface area contributed by atoms with Crippen LogP contribution in [0.3, 0.4) is 0 Å². The first-order valence-electron chi connectivity index (χ1n) is 11.6. The standard InChI is InChI=1S/C27H30ClN5O/c1-3-4-5-24-18-32(17-21-8-6-20(16-30)7-9-21)27(34)26(33(24)31)14-19(2)25-11-10-23(28)15-22(25)12-13-29/h6-11,14-15,19,24H,3-5,12,17-18,31H2,1-2H3/b26-14-. The second-order valence-corrected chi connectivity index (χ2v) is 9.15. The Morgan fingerprint density at radius 1 is 1.24 bits per heavy atom. The molecule has 0 spiro atoms. The molecule has 7 heteroatoms. The van der Waals surface area contributed by atoms with E-state index in [4.69, 9.17) is 22.7 Å². The molecular formula is C27H30ClN5O. The van der Waals surface area contributed by atoms with Gasteiger partial charge in [-0.25, -0.2) is 5.84 Å². The lowest BCUT2D eigenvalue weighted by molar-refractivity contribution is -0.134. The summed E-state index contributed by atoms with van der Waals surface area (Å²) in [6, 6.07) is 17.1. The minimum Gasteiger partial charge on any atom is -0.331 e. The van der Waals surface area contributed by atoms with Gasteiger partial charge in [0.25, 0.3) is 5.91 Å². The topological polar surface area (TPSA) is 97.1 Å². The van der Waals surface area contributed by atoms with Crippen molar-refractivity contribution in [1.82, 2.24) is 9.91 Å². The summed E-state index contributed by atoms with van der Waals surface area (Å²) in [6.45, 7) is 5.13. The van der Waals surface area contributed by atoms with E-state index in [0.717, 1.165) is 36.0 Å². The summed E-state index contributed by atoms with van der Waals surface area (Å²) in [6.07, 6.45) is 5.09. The second-order valence-electron chi connectivity index (χ2n) is 8.72. The van der Waals surface area contributed by atoms with Crippen LogP contribution in [-0.4, -0.2) is 28.4 Å². The Balaban J connectivity index is 1.93. The van der Waals surface area contributed by atoms with Crippen molar-refractivity contribution in [2.24, 2.45) is 5.84 Å². The Kier molecular flexibility index (Phi) is 8.71. The highest BCUT2D eigenvalue weighted by Gasteiger charge is 2.34. The van der Waals surface area contributed by atoms with Gasteiger partial charge in [0, 0.05) is 24.0 Å². The molecular weight excluding hydrogens is 446 g/mol. The number of hydrogen-bond donors (Lipinski definition) is 1. The predicted octanol–water partition coefficient (Wildman–Crippen LogP) is 5.04. The Labute approximate surface area is 206 Å². The van der Waals surface area contributed by atoms with Crippen LogP contribution in [0.4, 0.5) is 0 Å². The summed E-state index contributed by atoms with van der Waals surface area (Å²) < 4.78 is 0. The third kappa shape index (κ3) is 5.97. The molecule has 1 amide bonds. The first-order chi connectivity index (χ1) is 16.4. The molecule has 2 aromatic rings. The van der Waals surface area contributed by atoms with Gasteiger partial charge in [-0.05, 0) is 53.5 Å². The molecule has 1 fully saturated rings. The Morgan fingerprint density at radius 3 is 2.62 bits per heavy atom. The third-order valence-electron chi connectivity index (χ3n) is 6.23. The smallest absolute Gasteiger partial charge is 0.271 e. The van der Waals surface area contributed by atoms with Crippen molar-refractivity contribution >= 4 is 17.5 Å². The van der Waals surface area contributed by atoms with Crippen LogP contribution in [0.5, 0.6) is 0 Å². The highest BCUT2D eigenvalue weighted by Crippen LogP contribution is 2.29. The molecule has 34 heavy (non-hydrogen) atoms. The van der Waals surface area contributed by atoms with Crippen molar-refractivity contribution in [3.8, 4) is 12.1 Å². The number of halogens is 1. The van der Waals surface area contributed by atoms with Crippen LogP contribution in [0, 0.1) is 22.7 Å². The number of hydrazine groups is 1. The lowest BCUT2D eigenvalue weighted by atomic mass is 9.92. The first kappa shape index (κ1) is 25.3. The fourth-order valence-electron chi connectivity index (χ4n) is 4.35.